The second-order valence-electron chi connectivity index (χ2n) is 3.82. The lowest BCUT2D eigenvalue weighted by Gasteiger charge is -2.07. The molecule has 0 radical (unpaired) electrons. The lowest BCUT2D eigenvalue weighted by Crippen LogP contribution is -2.07. The number of benzene rings is 2. The Kier molecular flexibility index (Phi) is 4.01. The van der Waals surface area contributed by atoms with Crippen molar-refractivity contribution < 1.29 is 22.4 Å². The van der Waals surface area contributed by atoms with Crippen molar-refractivity contribution in [2.75, 3.05) is 0 Å². The highest BCUT2D eigenvalue weighted by molar-refractivity contribution is 6.35. The van der Waals surface area contributed by atoms with Crippen LogP contribution in [0.3, 0.4) is 0 Å². The summed E-state index contributed by atoms with van der Waals surface area (Å²) >= 11 is 11.0. The molecular weight excluding hydrogens is 319 g/mol. The van der Waals surface area contributed by atoms with E-state index in [0.29, 0.717) is 24.3 Å². The zero-order valence-electron chi connectivity index (χ0n) is 9.49. The van der Waals surface area contributed by atoms with Crippen LogP contribution in [0.5, 0.6) is 0 Å². The Morgan fingerprint density at radius 2 is 1.20 bits per heavy atom. The topological polar surface area (TPSA) is 17.1 Å². The van der Waals surface area contributed by atoms with E-state index < -0.39 is 50.2 Å². The lowest BCUT2D eigenvalue weighted by atomic mass is 10.0. The van der Waals surface area contributed by atoms with Crippen molar-refractivity contribution in [3.63, 3.8) is 0 Å². The van der Waals surface area contributed by atoms with Gasteiger partial charge in [-0.3, -0.25) is 4.79 Å². The molecule has 0 saturated carbocycles. The highest BCUT2D eigenvalue weighted by Crippen LogP contribution is 2.26. The molecule has 0 atom stereocenters. The summed E-state index contributed by atoms with van der Waals surface area (Å²) in [4.78, 5) is 12.0. The molecule has 104 valence electrons. The summed E-state index contributed by atoms with van der Waals surface area (Å²) in [6.45, 7) is 0. The monoisotopic (exact) mass is 322 g/mol. The summed E-state index contributed by atoms with van der Waals surface area (Å²) in [6, 6.07) is 2.27. The predicted octanol–water partition coefficient (Wildman–Crippen LogP) is 4.78. The van der Waals surface area contributed by atoms with Crippen molar-refractivity contribution in [3.05, 3.63) is 68.7 Å². The molecule has 0 bridgehead atoms. The smallest absolute Gasteiger partial charge is 0.197 e. The van der Waals surface area contributed by atoms with E-state index in [0.717, 1.165) is 0 Å². The molecule has 2 aromatic rings. The molecule has 0 spiro atoms. The van der Waals surface area contributed by atoms with Crippen LogP contribution in [0.15, 0.2) is 24.3 Å². The molecule has 0 N–H and O–H groups in total. The van der Waals surface area contributed by atoms with Gasteiger partial charge in [-0.1, -0.05) is 23.2 Å². The first-order valence-corrected chi connectivity index (χ1v) is 5.90. The number of carbonyl (C=O) groups excluding carboxylic acids is 1. The fraction of sp³-hybridized carbons (Fsp3) is 0. The Hall–Kier alpha value is -1.59. The maximum Gasteiger partial charge on any atom is 0.197 e. The maximum atomic E-state index is 13.6. The summed E-state index contributed by atoms with van der Waals surface area (Å²) in [7, 11) is 0. The first-order valence-electron chi connectivity index (χ1n) is 5.15. The molecule has 2 rings (SSSR count). The zero-order valence-corrected chi connectivity index (χ0v) is 11.0. The number of carbonyl (C=O) groups is 1. The number of ketones is 1. The van der Waals surface area contributed by atoms with Crippen LogP contribution < -0.4 is 0 Å². The fourth-order valence-electron chi connectivity index (χ4n) is 1.54. The number of halogens is 6. The van der Waals surface area contributed by atoms with Gasteiger partial charge in [-0.05, 0) is 24.3 Å². The minimum Gasteiger partial charge on any atom is -0.288 e. The lowest BCUT2D eigenvalue weighted by molar-refractivity contribution is 0.103. The van der Waals surface area contributed by atoms with Crippen molar-refractivity contribution in [2.24, 2.45) is 0 Å². The predicted molar refractivity (Wildman–Crippen MR) is 66.2 cm³/mol. The highest BCUT2D eigenvalue weighted by Gasteiger charge is 2.21. The van der Waals surface area contributed by atoms with Crippen LogP contribution in [0.1, 0.15) is 15.9 Å². The molecule has 0 aliphatic rings. The van der Waals surface area contributed by atoms with E-state index in [4.69, 9.17) is 23.2 Å². The Morgan fingerprint density at radius 3 is 1.85 bits per heavy atom. The van der Waals surface area contributed by atoms with Gasteiger partial charge in [0.15, 0.2) is 17.4 Å². The molecule has 0 fully saturated rings. The number of rotatable bonds is 2. The molecule has 0 aromatic heterocycles. The van der Waals surface area contributed by atoms with Gasteiger partial charge in [0.2, 0.25) is 0 Å². The van der Waals surface area contributed by atoms with Crippen molar-refractivity contribution >= 4 is 29.0 Å². The Morgan fingerprint density at radius 1 is 0.700 bits per heavy atom. The van der Waals surface area contributed by atoms with Crippen LogP contribution >= 0.6 is 23.2 Å². The second-order valence-corrected chi connectivity index (χ2v) is 4.64. The van der Waals surface area contributed by atoms with Crippen LogP contribution in [-0.4, -0.2) is 5.78 Å². The molecule has 2 aromatic carbocycles. The molecule has 0 aliphatic carbocycles. The van der Waals surface area contributed by atoms with Crippen LogP contribution in [-0.2, 0) is 0 Å². The second kappa shape index (κ2) is 5.42. The highest BCUT2D eigenvalue weighted by atomic mass is 35.5. The average molecular weight is 323 g/mol. The average Bonchev–Trinajstić information content (AvgIpc) is 2.37. The van der Waals surface area contributed by atoms with Crippen LogP contribution in [0.2, 0.25) is 10.0 Å². The van der Waals surface area contributed by atoms with E-state index in [1.807, 2.05) is 0 Å². The normalized spacial score (nSPS) is 10.7. The summed E-state index contributed by atoms with van der Waals surface area (Å²) in [5, 5.41) is -0.918. The van der Waals surface area contributed by atoms with E-state index in [1.165, 1.54) is 0 Å². The van der Waals surface area contributed by atoms with E-state index in [1.54, 1.807) is 0 Å². The minimum absolute atomic E-state index is 0.413. The van der Waals surface area contributed by atoms with Gasteiger partial charge in [0.05, 0.1) is 15.6 Å². The van der Waals surface area contributed by atoms with Gasteiger partial charge < -0.3 is 0 Å². The molecule has 0 amide bonds. The largest absolute Gasteiger partial charge is 0.288 e. The zero-order chi connectivity index (χ0) is 15.0. The minimum atomic E-state index is -1.33. The third-order valence-corrected chi connectivity index (χ3v) is 3.11. The van der Waals surface area contributed by atoms with E-state index >= 15 is 0 Å². The van der Waals surface area contributed by atoms with Gasteiger partial charge in [0, 0.05) is 5.56 Å². The van der Waals surface area contributed by atoms with Gasteiger partial charge >= 0.3 is 0 Å². The van der Waals surface area contributed by atoms with Crippen LogP contribution in [0, 0.1) is 23.3 Å². The van der Waals surface area contributed by atoms with E-state index in [9.17, 15) is 22.4 Å². The van der Waals surface area contributed by atoms with Gasteiger partial charge in [0.25, 0.3) is 0 Å². The first kappa shape index (κ1) is 14.8. The quantitative estimate of drug-likeness (QED) is 0.442. The standard InChI is InChI=1S/C13H4Cl2F4O/c14-7-3-12(19)11(18)1-5(7)13(20)6-2-10(17)8(15)4-9(6)16/h1-4H. The summed E-state index contributed by atoms with van der Waals surface area (Å²) in [5.74, 6) is -5.78. The van der Waals surface area contributed by atoms with Gasteiger partial charge in [-0.15, -0.1) is 0 Å². The molecule has 0 aliphatic heterocycles. The number of hydrogen-bond acceptors (Lipinski definition) is 1. The molecule has 1 nitrogen and oxygen atoms in total. The van der Waals surface area contributed by atoms with Crippen molar-refractivity contribution in [3.8, 4) is 0 Å². The van der Waals surface area contributed by atoms with Gasteiger partial charge in [0.1, 0.15) is 11.6 Å². The summed E-state index contributed by atoms with van der Waals surface area (Å²) < 4.78 is 52.9. The van der Waals surface area contributed by atoms with Crippen LogP contribution in [0.25, 0.3) is 0 Å². The summed E-state index contributed by atoms with van der Waals surface area (Å²) in [5.41, 5.74) is -1.16. The number of hydrogen-bond donors (Lipinski definition) is 0. The van der Waals surface area contributed by atoms with Crippen LogP contribution in [0.4, 0.5) is 17.6 Å². The van der Waals surface area contributed by atoms with Gasteiger partial charge in [-0.2, -0.15) is 0 Å². The van der Waals surface area contributed by atoms with Crippen molar-refractivity contribution in [1.29, 1.82) is 0 Å². The van der Waals surface area contributed by atoms with Gasteiger partial charge in [-0.25, -0.2) is 17.6 Å². The Bertz CT molecular complexity index is 657. The Balaban J connectivity index is 2.57. The first-order chi connectivity index (χ1) is 9.31. The van der Waals surface area contributed by atoms with E-state index in [2.05, 4.69) is 0 Å². The third-order valence-electron chi connectivity index (χ3n) is 2.51. The molecule has 0 unspecified atom stereocenters. The van der Waals surface area contributed by atoms with Crippen molar-refractivity contribution in [2.45, 2.75) is 0 Å². The molecule has 7 heteroatoms. The summed E-state index contributed by atoms with van der Waals surface area (Å²) in [6.07, 6.45) is 0. The molecule has 0 saturated heterocycles. The fourth-order valence-corrected chi connectivity index (χ4v) is 1.92. The third kappa shape index (κ3) is 2.64. The maximum absolute atomic E-state index is 13.6. The molecule has 0 heterocycles. The SMILES string of the molecule is O=C(c1cc(F)c(Cl)cc1F)c1cc(F)c(F)cc1Cl. The molecular formula is C13H4Cl2F4O. The molecule has 20 heavy (non-hydrogen) atoms. The van der Waals surface area contributed by atoms with E-state index in [-0.39, 0.29) is 0 Å². The van der Waals surface area contributed by atoms with Crippen molar-refractivity contribution in [1.82, 2.24) is 0 Å². The Labute approximate surface area is 120 Å².